The molecule has 1 N–H and O–H groups in total. The molecule has 0 aliphatic heterocycles. The summed E-state index contributed by atoms with van der Waals surface area (Å²) < 4.78 is 1.21. The first kappa shape index (κ1) is 15.4. The number of nitrogens with one attached hydrogen (secondary N) is 1. The van der Waals surface area contributed by atoms with Crippen molar-refractivity contribution >= 4 is 16.8 Å². The van der Waals surface area contributed by atoms with Crippen molar-refractivity contribution in [3.63, 3.8) is 0 Å². The summed E-state index contributed by atoms with van der Waals surface area (Å²) in [6, 6.07) is 7.16. The van der Waals surface area contributed by atoms with Gasteiger partial charge >= 0.3 is 0 Å². The number of amides is 1. The zero-order chi connectivity index (χ0) is 16.9. The molecule has 1 heterocycles. The standard InChI is InChI=1S/C19H23N3O2/c1-19(2)13-8-7-12(15(19)10-13)9-17(23)21-22-11-20-16-6-4-3-5-14(16)18(22)24/h3-6,11-13,15H,7-10H2,1-2H3,(H,21,23)/t12-,13-,15+/m0/s1. The zero-order valence-electron chi connectivity index (χ0n) is 14.2. The summed E-state index contributed by atoms with van der Waals surface area (Å²) in [4.78, 5) is 29.1. The van der Waals surface area contributed by atoms with Gasteiger partial charge in [0.2, 0.25) is 5.91 Å². The number of fused-ring (bicyclic) bond motifs is 3. The molecule has 0 unspecified atom stereocenters. The number of benzene rings is 1. The van der Waals surface area contributed by atoms with Crippen molar-refractivity contribution < 1.29 is 4.79 Å². The van der Waals surface area contributed by atoms with E-state index in [-0.39, 0.29) is 11.5 Å². The molecule has 0 saturated heterocycles. The fraction of sp³-hybridized carbons (Fsp3) is 0.526. The van der Waals surface area contributed by atoms with Gasteiger partial charge in [-0.2, -0.15) is 0 Å². The molecule has 3 aliphatic carbocycles. The van der Waals surface area contributed by atoms with Crippen molar-refractivity contribution in [3.05, 3.63) is 40.9 Å². The van der Waals surface area contributed by atoms with Crippen molar-refractivity contribution in [2.24, 2.45) is 23.2 Å². The first-order valence-electron chi connectivity index (χ1n) is 8.73. The summed E-state index contributed by atoms with van der Waals surface area (Å²) in [5.41, 5.74) is 3.49. The molecule has 126 valence electrons. The summed E-state index contributed by atoms with van der Waals surface area (Å²) >= 11 is 0. The van der Waals surface area contributed by atoms with Crippen LogP contribution in [-0.4, -0.2) is 15.6 Å². The molecule has 1 aromatic carbocycles. The zero-order valence-corrected chi connectivity index (χ0v) is 14.2. The molecule has 5 heteroatoms. The van der Waals surface area contributed by atoms with E-state index in [2.05, 4.69) is 24.3 Å². The summed E-state index contributed by atoms with van der Waals surface area (Å²) in [6.45, 7) is 4.65. The van der Waals surface area contributed by atoms with Crippen LogP contribution in [0.2, 0.25) is 0 Å². The maximum Gasteiger partial charge on any atom is 0.280 e. The smallest absolute Gasteiger partial charge is 0.273 e. The molecule has 5 rings (SSSR count). The van der Waals surface area contributed by atoms with Crippen molar-refractivity contribution in [1.82, 2.24) is 9.66 Å². The van der Waals surface area contributed by atoms with Crippen molar-refractivity contribution in [2.45, 2.75) is 39.5 Å². The van der Waals surface area contributed by atoms with Crippen LogP contribution in [0.15, 0.2) is 35.4 Å². The number of hydrogen-bond donors (Lipinski definition) is 1. The van der Waals surface area contributed by atoms with E-state index in [1.165, 1.54) is 23.8 Å². The lowest BCUT2D eigenvalue weighted by Crippen LogP contribution is -2.53. The third kappa shape index (κ3) is 2.34. The second-order valence-electron chi connectivity index (χ2n) is 7.87. The Balaban J connectivity index is 1.49. The van der Waals surface area contributed by atoms with Crippen LogP contribution >= 0.6 is 0 Å². The van der Waals surface area contributed by atoms with Crippen LogP contribution in [-0.2, 0) is 4.79 Å². The Labute approximate surface area is 141 Å². The van der Waals surface area contributed by atoms with Crippen molar-refractivity contribution in [3.8, 4) is 0 Å². The van der Waals surface area contributed by atoms with Crippen LogP contribution in [0.25, 0.3) is 10.9 Å². The van der Waals surface area contributed by atoms with Gasteiger partial charge in [-0.25, -0.2) is 9.66 Å². The van der Waals surface area contributed by atoms with Gasteiger partial charge in [-0.1, -0.05) is 26.0 Å². The number of carbonyl (C=O) groups is 1. The Bertz CT molecular complexity index is 853. The molecular weight excluding hydrogens is 302 g/mol. The Hall–Kier alpha value is -2.17. The predicted octanol–water partition coefficient (Wildman–Crippen LogP) is 2.93. The lowest BCUT2D eigenvalue weighted by atomic mass is 9.45. The maximum absolute atomic E-state index is 12.4. The minimum Gasteiger partial charge on any atom is -0.273 e. The second-order valence-corrected chi connectivity index (χ2v) is 7.87. The largest absolute Gasteiger partial charge is 0.280 e. The van der Waals surface area contributed by atoms with Gasteiger partial charge in [-0.05, 0) is 54.6 Å². The number of nitrogens with zero attached hydrogens (tertiary/aromatic N) is 2. The molecule has 2 aromatic rings. The highest BCUT2D eigenvalue weighted by molar-refractivity contribution is 5.84. The number of para-hydroxylation sites is 1. The Morgan fingerprint density at radius 3 is 2.88 bits per heavy atom. The third-order valence-electron chi connectivity index (χ3n) is 6.36. The van der Waals surface area contributed by atoms with Crippen LogP contribution in [0.4, 0.5) is 0 Å². The van der Waals surface area contributed by atoms with Gasteiger partial charge in [-0.15, -0.1) is 0 Å². The quantitative estimate of drug-likeness (QED) is 0.943. The highest BCUT2D eigenvalue weighted by Gasteiger charge is 2.54. The van der Waals surface area contributed by atoms with Crippen LogP contribution in [0.5, 0.6) is 0 Å². The van der Waals surface area contributed by atoms with E-state index in [0.29, 0.717) is 34.6 Å². The molecule has 3 fully saturated rings. The molecule has 3 atom stereocenters. The normalized spacial score (nSPS) is 27.5. The third-order valence-corrected chi connectivity index (χ3v) is 6.36. The molecule has 1 aromatic heterocycles. The molecule has 2 bridgehead atoms. The van der Waals surface area contributed by atoms with Crippen LogP contribution < -0.4 is 11.0 Å². The molecule has 3 aliphatic rings. The van der Waals surface area contributed by atoms with Crippen molar-refractivity contribution in [2.75, 3.05) is 5.43 Å². The molecule has 0 spiro atoms. The summed E-state index contributed by atoms with van der Waals surface area (Å²) in [7, 11) is 0. The molecular formula is C19H23N3O2. The SMILES string of the molecule is CC1(C)[C@H]2CC[C@@H](CC(=O)Nn3cnc4ccccc4c3=O)[C@H]1C2. The topological polar surface area (TPSA) is 64.0 Å². The molecule has 1 amide bonds. The average molecular weight is 325 g/mol. The van der Waals surface area contributed by atoms with Gasteiger partial charge < -0.3 is 0 Å². The van der Waals surface area contributed by atoms with Gasteiger partial charge in [0.1, 0.15) is 6.33 Å². The van der Waals surface area contributed by atoms with E-state index in [1.54, 1.807) is 18.2 Å². The molecule has 0 radical (unpaired) electrons. The van der Waals surface area contributed by atoms with E-state index in [9.17, 15) is 9.59 Å². The van der Waals surface area contributed by atoms with Crippen molar-refractivity contribution in [1.29, 1.82) is 0 Å². The molecule has 5 nitrogen and oxygen atoms in total. The highest BCUT2D eigenvalue weighted by atomic mass is 16.2. The van der Waals surface area contributed by atoms with Gasteiger partial charge in [0.05, 0.1) is 10.9 Å². The minimum absolute atomic E-state index is 0.0969. The number of carbonyl (C=O) groups excluding carboxylic acids is 1. The second kappa shape index (κ2) is 5.43. The van der Waals surface area contributed by atoms with E-state index >= 15 is 0 Å². The van der Waals surface area contributed by atoms with Gasteiger partial charge in [0.15, 0.2) is 0 Å². The fourth-order valence-electron chi connectivity index (χ4n) is 4.77. The number of rotatable bonds is 3. The van der Waals surface area contributed by atoms with Crippen LogP contribution in [0.3, 0.4) is 0 Å². The van der Waals surface area contributed by atoms with Gasteiger partial charge in [-0.3, -0.25) is 15.0 Å². The highest BCUT2D eigenvalue weighted by Crippen LogP contribution is 2.61. The predicted molar refractivity (Wildman–Crippen MR) is 93.1 cm³/mol. The minimum atomic E-state index is -0.235. The lowest BCUT2D eigenvalue weighted by molar-refractivity contribution is -0.129. The lowest BCUT2D eigenvalue weighted by Gasteiger charge is -2.60. The van der Waals surface area contributed by atoms with E-state index < -0.39 is 0 Å². The van der Waals surface area contributed by atoms with E-state index in [0.717, 1.165) is 12.3 Å². The Kier molecular flexibility index (Phi) is 3.48. The number of hydrogen-bond acceptors (Lipinski definition) is 3. The Morgan fingerprint density at radius 1 is 1.33 bits per heavy atom. The van der Waals surface area contributed by atoms with E-state index in [4.69, 9.17) is 0 Å². The fourth-order valence-corrected chi connectivity index (χ4v) is 4.77. The first-order chi connectivity index (χ1) is 11.5. The molecule has 3 saturated carbocycles. The van der Waals surface area contributed by atoms with E-state index in [1.807, 2.05) is 6.07 Å². The Morgan fingerprint density at radius 2 is 2.12 bits per heavy atom. The van der Waals surface area contributed by atoms with Crippen LogP contribution in [0, 0.1) is 23.2 Å². The number of aromatic nitrogens is 2. The summed E-state index contributed by atoms with van der Waals surface area (Å²) in [5.74, 6) is 1.79. The van der Waals surface area contributed by atoms with Gasteiger partial charge in [0, 0.05) is 6.42 Å². The summed E-state index contributed by atoms with van der Waals surface area (Å²) in [5, 5.41) is 0.515. The average Bonchev–Trinajstić information content (AvgIpc) is 2.57. The molecule has 24 heavy (non-hydrogen) atoms. The first-order valence-corrected chi connectivity index (χ1v) is 8.73. The monoisotopic (exact) mass is 325 g/mol. The van der Waals surface area contributed by atoms with Crippen LogP contribution in [0.1, 0.15) is 39.5 Å². The maximum atomic E-state index is 12.4. The summed E-state index contributed by atoms with van der Waals surface area (Å²) in [6.07, 6.45) is 5.48. The van der Waals surface area contributed by atoms with Gasteiger partial charge in [0.25, 0.3) is 5.56 Å².